The summed E-state index contributed by atoms with van der Waals surface area (Å²) in [6, 6.07) is 8.30. The second-order valence-corrected chi connectivity index (χ2v) is 6.90. The van der Waals surface area contributed by atoms with Gasteiger partial charge in [0, 0.05) is 22.1 Å². The molecule has 2 rings (SSSR count). The Balaban J connectivity index is 2.11. The van der Waals surface area contributed by atoms with Gasteiger partial charge in [0.05, 0.1) is 0 Å². The zero-order chi connectivity index (χ0) is 14.4. The van der Waals surface area contributed by atoms with Crippen molar-refractivity contribution in [2.75, 3.05) is 6.54 Å². The van der Waals surface area contributed by atoms with Crippen LogP contribution < -0.4 is 5.32 Å². The van der Waals surface area contributed by atoms with Crippen LogP contribution in [0, 0.1) is 5.92 Å². The first-order chi connectivity index (χ1) is 9.65. The summed E-state index contributed by atoms with van der Waals surface area (Å²) in [5.41, 5.74) is 1.29. The number of rotatable bonds is 6. The topological polar surface area (TPSA) is 37.8 Å². The summed E-state index contributed by atoms with van der Waals surface area (Å²) in [5.74, 6) is 0.656. The number of hydrogen-bond acceptors (Lipinski definition) is 4. The molecule has 0 unspecified atom stereocenters. The molecule has 0 amide bonds. The summed E-state index contributed by atoms with van der Waals surface area (Å²) >= 11 is 5.20. The normalized spacial score (nSPS) is 11.0. The van der Waals surface area contributed by atoms with E-state index in [1.54, 1.807) is 24.3 Å². The van der Waals surface area contributed by atoms with Crippen LogP contribution in [0.1, 0.15) is 19.4 Å². The first kappa shape index (κ1) is 15.5. The molecule has 0 aliphatic carbocycles. The van der Waals surface area contributed by atoms with E-state index in [0.29, 0.717) is 5.92 Å². The van der Waals surface area contributed by atoms with Gasteiger partial charge in [-0.3, -0.25) is 0 Å². The van der Waals surface area contributed by atoms with Crippen molar-refractivity contribution in [3.05, 3.63) is 46.8 Å². The van der Waals surface area contributed by atoms with Crippen molar-refractivity contribution in [2.24, 2.45) is 5.92 Å². The molecule has 0 aliphatic heterocycles. The quantitative estimate of drug-likeness (QED) is 0.793. The van der Waals surface area contributed by atoms with Crippen molar-refractivity contribution >= 4 is 27.7 Å². The van der Waals surface area contributed by atoms with Crippen LogP contribution in [0.4, 0.5) is 0 Å². The highest BCUT2D eigenvalue weighted by Crippen LogP contribution is 2.31. The molecule has 0 bridgehead atoms. The van der Waals surface area contributed by atoms with Gasteiger partial charge >= 0.3 is 0 Å². The fourth-order valence-corrected chi connectivity index (χ4v) is 3.14. The van der Waals surface area contributed by atoms with Gasteiger partial charge in [0.2, 0.25) is 0 Å². The van der Waals surface area contributed by atoms with Gasteiger partial charge < -0.3 is 5.32 Å². The second-order valence-electron chi connectivity index (χ2n) is 4.93. The lowest BCUT2D eigenvalue weighted by Crippen LogP contribution is -2.19. The summed E-state index contributed by atoms with van der Waals surface area (Å²) < 4.78 is 1.08. The highest BCUT2D eigenvalue weighted by atomic mass is 79.9. The molecule has 1 aromatic carbocycles. The van der Waals surface area contributed by atoms with E-state index in [2.05, 4.69) is 63.3 Å². The molecule has 0 saturated carbocycles. The first-order valence-electron chi connectivity index (χ1n) is 6.58. The van der Waals surface area contributed by atoms with Gasteiger partial charge in [-0.25, -0.2) is 9.97 Å². The van der Waals surface area contributed by atoms with Crippen molar-refractivity contribution in [3.63, 3.8) is 0 Å². The zero-order valence-electron chi connectivity index (χ0n) is 11.6. The largest absolute Gasteiger partial charge is 0.312 e. The summed E-state index contributed by atoms with van der Waals surface area (Å²) in [6.07, 6.45) is 3.35. The van der Waals surface area contributed by atoms with E-state index < -0.39 is 0 Å². The third kappa shape index (κ3) is 4.89. The molecule has 1 heterocycles. The fourth-order valence-electron chi connectivity index (χ4n) is 1.72. The zero-order valence-corrected chi connectivity index (χ0v) is 14.0. The van der Waals surface area contributed by atoms with Gasteiger partial charge in [-0.05, 0) is 36.2 Å². The van der Waals surface area contributed by atoms with Gasteiger partial charge in [0.1, 0.15) is 11.4 Å². The van der Waals surface area contributed by atoms with E-state index >= 15 is 0 Å². The van der Waals surface area contributed by atoms with E-state index in [1.807, 2.05) is 6.07 Å². The fraction of sp³-hybridized carbons (Fsp3) is 0.333. The smallest absolute Gasteiger partial charge is 0.116 e. The summed E-state index contributed by atoms with van der Waals surface area (Å²) in [7, 11) is 0. The van der Waals surface area contributed by atoms with Crippen molar-refractivity contribution < 1.29 is 0 Å². The number of nitrogens with one attached hydrogen (secondary N) is 1. The van der Waals surface area contributed by atoms with E-state index in [1.165, 1.54) is 10.5 Å². The Labute approximate surface area is 132 Å². The third-order valence-electron chi connectivity index (χ3n) is 2.67. The Bertz CT molecular complexity index is 546. The van der Waals surface area contributed by atoms with Crippen molar-refractivity contribution in [2.45, 2.75) is 30.3 Å². The van der Waals surface area contributed by atoms with Gasteiger partial charge in [-0.2, -0.15) is 0 Å². The van der Waals surface area contributed by atoms with Gasteiger partial charge in [0.15, 0.2) is 0 Å². The Morgan fingerprint density at radius 3 is 2.85 bits per heavy atom. The van der Waals surface area contributed by atoms with Crippen molar-refractivity contribution in [1.82, 2.24) is 15.3 Å². The summed E-state index contributed by atoms with van der Waals surface area (Å²) in [6.45, 7) is 6.32. The van der Waals surface area contributed by atoms with E-state index in [4.69, 9.17) is 0 Å². The van der Waals surface area contributed by atoms with Crippen LogP contribution in [-0.4, -0.2) is 16.5 Å². The molecule has 106 valence electrons. The van der Waals surface area contributed by atoms with Crippen LogP contribution in [0.3, 0.4) is 0 Å². The first-order valence-corrected chi connectivity index (χ1v) is 8.19. The maximum absolute atomic E-state index is 4.27. The molecule has 2 aromatic rings. The lowest BCUT2D eigenvalue weighted by Gasteiger charge is -2.12. The molecule has 0 atom stereocenters. The van der Waals surface area contributed by atoms with Crippen molar-refractivity contribution in [3.8, 4) is 0 Å². The lowest BCUT2D eigenvalue weighted by atomic mass is 10.2. The maximum atomic E-state index is 4.27. The van der Waals surface area contributed by atoms with Gasteiger partial charge in [-0.15, -0.1) is 0 Å². The number of nitrogens with zero attached hydrogens (tertiary/aromatic N) is 2. The Morgan fingerprint density at radius 1 is 1.30 bits per heavy atom. The Hall–Kier alpha value is -0.910. The predicted molar refractivity (Wildman–Crippen MR) is 86.8 cm³/mol. The van der Waals surface area contributed by atoms with Crippen LogP contribution in [0.2, 0.25) is 0 Å². The highest BCUT2D eigenvalue weighted by molar-refractivity contribution is 9.10. The average Bonchev–Trinajstić information content (AvgIpc) is 2.42. The number of halogens is 1. The Kier molecular flexibility index (Phi) is 6.01. The Morgan fingerprint density at radius 2 is 2.15 bits per heavy atom. The second kappa shape index (κ2) is 7.76. The van der Waals surface area contributed by atoms with E-state index in [-0.39, 0.29) is 0 Å². The summed E-state index contributed by atoms with van der Waals surface area (Å²) in [4.78, 5) is 9.44. The van der Waals surface area contributed by atoms with Crippen LogP contribution in [-0.2, 0) is 6.54 Å². The molecule has 0 saturated heterocycles. The van der Waals surface area contributed by atoms with Crippen LogP contribution in [0.5, 0.6) is 0 Å². The molecule has 0 aliphatic rings. The molecule has 5 heteroatoms. The SMILES string of the molecule is CC(C)CNCc1ccc(Br)cc1Sc1ccncn1. The molecule has 1 aromatic heterocycles. The summed E-state index contributed by atoms with van der Waals surface area (Å²) in [5, 5.41) is 4.45. The van der Waals surface area contributed by atoms with E-state index in [9.17, 15) is 0 Å². The van der Waals surface area contributed by atoms with Gasteiger partial charge in [-0.1, -0.05) is 47.6 Å². The molecule has 20 heavy (non-hydrogen) atoms. The van der Waals surface area contributed by atoms with Crippen molar-refractivity contribution in [1.29, 1.82) is 0 Å². The number of hydrogen-bond donors (Lipinski definition) is 1. The van der Waals surface area contributed by atoms with E-state index in [0.717, 1.165) is 22.6 Å². The van der Waals surface area contributed by atoms with Crippen LogP contribution >= 0.6 is 27.7 Å². The monoisotopic (exact) mass is 351 g/mol. The predicted octanol–water partition coefficient (Wildman–Crippen LogP) is 4.14. The highest BCUT2D eigenvalue weighted by Gasteiger charge is 2.06. The minimum Gasteiger partial charge on any atom is -0.312 e. The molecule has 1 N–H and O–H groups in total. The molecule has 0 fully saturated rings. The number of aromatic nitrogens is 2. The van der Waals surface area contributed by atoms with Crippen LogP contribution in [0.25, 0.3) is 0 Å². The average molecular weight is 352 g/mol. The molecule has 0 radical (unpaired) electrons. The van der Waals surface area contributed by atoms with Gasteiger partial charge in [0.25, 0.3) is 0 Å². The standard InChI is InChI=1S/C15H18BrN3S/c1-11(2)8-18-9-12-3-4-13(16)7-14(12)20-15-5-6-17-10-19-15/h3-7,10-11,18H,8-9H2,1-2H3. The molecular formula is C15H18BrN3S. The minimum atomic E-state index is 0.656. The third-order valence-corrected chi connectivity index (χ3v) is 4.21. The molecule has 3 nitrogen and oxygen atoms in total. The minimum absolute atomic E-state index is 0.656. The maximum Gasteiger partial charge on any atom is 0.116 e. The van der Waals surface area contributed by atoms with Crippen LogP contribution in [0.15, 0.2) is 51.2 Å². The number of benzene rings is 1. The molecule has 0 spiro atoms. The molecular weight excluding hydrogens is 334 g/mol. The lowest BCUT2D eigenvalue weighted by molar-refractivity contribution is 0.550.